The van der Waals surface area contributed by atoms with Crippen LogP contribution in [0.5, 0.6) is 0 Å². The lowest BCUT2D eigenvalue weighted by Gasteiger charge is -2.20. The molecule has 2 heteroatoms. The molecule has 0 heterocycles. The highest BCUT2D eigenvalue weighted by molar-refractivity contribution is 4.69. The van der Waals surface area contributed by atoms with Crippen molar-refractivity contribution in [3.8, 4) is 0 Å². The van der Waals surface area contributed by atoms with Crippen LogP contribution in [0.1, 0.15) is 40.0 Å². The van der Waals surface area contributed by atoms with Crippen molar-refractivity contribution in [1.29, 1.82) is 0 Å². The summed E-state index contributed by atoms with van der Waals surface area (Å²) >= 11 is 0. The lowest BCUT2D eigenvalue weighted by atomic mass is 10.1. The van der Waals surface area contributed by atoms with Crippen LogP contribution in [0.25, 0.3) is 0 Å². The molecular weight excluding hydrogens is 136 g/mol. The molecule has 0 saturated heterocycles. The maximum atomic E-state index is 5.48. The topological polar surface area (TPSA) is 38.0 Å². The second-order valence-corrected chi connectivity index (χ2v) is 3.16. The normalized spacial score (nSPS) is 16.4. The maximum absolute atomic E-state index is 5.48. The van der Waals surface area contributed by atoms with Gasteiger partial charge in [0.15, 0.2) is 0 Å². The molecule has 11 heavy (non-hydrogen) atoms. The van der Waals surface area contributed by atoms with E-state index < -0.39 is 0 Å². The fourth-order valence-electron chi connectivity index (χ4n) is 1.13. The Kier molecular flexibility index (Phi) is 6.57. The van der Waals surface area contributed by atoms with Crippen LogP contribution in [0, 0.1) is 0 Å². The number of hydrogen-bond acceptors (Lipinski definition) is 2. The van der Waals surface area contributed by atoms with Gasteiger partial charge in [-0.2, -0.15) is 0 Å². The van der Waals surface area contributed by atoms with Crippen LogP contribution >= 0.6 is 0 Å². The van der Waals surface area contributed by atoms with E-state index in [4.69, 9.17) is 5.73 Å². The molecule has 2 nitrogen and oxygen atoms in total. The molecule has 0 spiro atoms. The number of hydrogen-bond donors (Lipinski definition) is 2. The summed E-state index contributed by atoms with van der Waals surface area (Å²) in [6.07, 6.45) is 3.48. The third kappa shape index (κ3) is 5.22. The van der Waals surface area contributed by atoms with Gasteiger partial charge in [-0.15, -0.1) is 0 Å². The second kappa shape index (κ2) is 6.62. The van der Waals surface area contributed by atoms with Crippen LogP contribution in [0.4, 0.5) is 0 Å². The molecule has 0 bridgehead atoms. The summed E-state index contributed by atoms with van der Waals surface area (Å²) in [6, 6.07) is 1.25. The summed E-state index contributed by atoms with van der Waals surface area (Å²) in [7, 11) is 0. The van der Waals surface area contributed by atoms with Crippen molar-refractivity contribution >= 4 is 0 Å². The Balaban J connectivity index is 3.49. The molecule has 0 radical (unpaired) electrons. The molecule has 0 saturated carbocycles. The fourth-order valence-corrected chi connectivity index (χ4v) is 1.13. The standard InChI is InChI=1S/C9H22N2/c1-4-8(3)11-9(5-2)6-7-10/h8-9,11H,4-7,10H2,1-3H3. The molecule has 2 atom stereocenters. The molecule has 0 rings (SSSR count). The van der Waals surface area contributed by atoms with Crippen molar-refractivity contribution in [2.24, 2.45) is 5.73 Å². The summed E-state index contributed by atoms with van der Waals surface area (Å²) in [4.78, 5) is 0. The number of rotatable bonds is 6. The summed E-state index contributed by atoms with van der Waals surface area (Å²) in [6.45, 7) is 7.42. The summed E-state index contributed by atoms with van der Waals surface area (Å²) in [5.74, 6) is 0. The van der Waals surface area contributed by atoms with Crippen molar-refractivity contribution in [2.45, 2.75) is 52.1 Å². The SMILES string of the molecule is CCC(C)NC(CC)CCN. The van der Waals surface area contributed by atoms with E-state index in [0.717, 1.165) is 13.0 Å². The van der Waals surface area contributed by atoms with Gasteiger partial charge in [-0.1, -0.05) is 13.8 Å². The van der Waals surface area contributed by atoms with E-state index in [1.165, 1.54) is 12.8 Å². The van der Waals surface area contributed by atoms with E-state index in [2.05, 4.69) is 26.1 Å². The minimum atomic E-state index is 0.620. The van der Waals surface area contributed by atoms with E-state index >= 15 is 0 Å². The molecule has 0 amide bonds. The first-order valence-electron chi connectivity index (χ1n) is 4.70. The predicted octanol–water partition coefficient (Wildman–Crippen LogP) is 1.50. The zero-order chi connectivity index (χ0) is 8.69. The van der Waals surface area contributed by atoms with Gasteiger partial charge in [0.05, 0.1) is 0 Å². The van der Waals surface area contributed by atoms with Crippen molar-refractivity contribution in [3.05, 3.63) is 0 Å². The van der Waals surface area contributed by atoms with Crippen LogP contribution in [0.15, 0.2) is 0 Å². The zero-order valence-corrected chi connectivity index (χ0v) is 8.06. The minimum Gasteiger partial charge on any atom is -0.330 e. The Labute approximate surface area is 70.5 Å². The summed E-state index contributed by atoms with van der Waals surface area (Å²) < 4.78 is 0. The predicted molar refractivity (Wildman–Crippen MR) is 50.6 cm³/mol. The van der Waals surface area contributed by atoms with Gasteiger partial charge in [0.1, 0.15) is 0 Å². The summed E-state index contributed by atoms with van der Waals surface area (Å²) in [5.41, 5.74) is 5.48. The lowest BCUT2D eigenvalue weighted by molar-refractivity contribution is 0.410. The van der Waals surface area contributed by atoms with E-state index in [1.54, 1.807) is 0 Å². The third-order valence-electron chi connectivity index (χ3n) is 2.14. The van der Waals surface area contributed by atoms with Gasteiger partial charge in [0.2, 0.25) is 0 Å². The van der Waals surface area contributed by atoms with Crippen molar-refractivity contribution in [1.82, 2.24) is 5.32 Å². The van der Waals surface area contributed by atoms with Gasteiger partial charge >= 0.3 is 0 Å². The molecule has 0 aromatic rings. The second-order valence-electron chi connectivity index (χ2n) is 3.16. The number of nitrogens with one attached hydrogen (secondary N) is 1. The van der Waals surface area contributed by atoms with Gasteiger partial charge in [-0.25, -0.2) is 0 Å². The minimum absolute atomic E-state index is 0.620. The average molecular weight is 158 g/mol. The quantitative estimate of drug-likeness (QED) is 0.615. The van der Waals surface area contributed by atoms with Gasteiger partial charge in [0.25, 0.3) is 0 Å². The van der Waals surface area contributed by atoms with E-state index in [1.807, 2.05) is 0 Å². The molecule has 68 valence electrons. The lowest BCUT2D eigenvalue weighted by Crippen LogP contribution is -2.37. The first-order chi connectivity index (χ1) is 5.24. The Morgan fingerprint density at radius 3 is 2.27 bits per heavy atom. The highest BCUT2D eigenvalue weighted by Crippen LogP contribution is 1.99. The third-order valence-corrected chi connectivity index (χ3v) is 2.14. The van der Waals surface area contributed by atoms with E-state index in [-0.39, 0.29) is 0 Å². The summed E-state index contributed by atoms with van der Waals surface area (Å²) in [5, 5.41) is 3.54. The molecule has 0 aliphatic heterocycles. The Morgan fingerprint density at radius 1 is 1.27 bits per heavy atom. The maximum Gasteiger partial charge on any atom is 0.00789 e. The van der Waals surface area contributed by atoms with Gasteiger partial charge in [-0.05, 0) is 32.7 Å². The molecule has 2 unspecified atom stereocenters. The van der Waals surface area contributed by atoms with Gasteiger partial charge in [0, 0.05) is 12.1 Å². The van der Waals surface area contributed by atoms with Gasteiger partial charge < -0.3 is 11.1 Å². The van der Waals surface area contributed by atoms with Crippen LogP contribution < -0.4 is 11.1 Å². The molecule has 0 fully saturated rings. The average Bonchev–Trinajstić information content (AvgIpc) is 2.03. The molecular formula is C9H22N2. The first kappa shape index (κ1) is 10.9. The van der Waals surface area contributed by atoms with E-state index in [0.29, 0.717) is 12.1 Å². The van der Waals surface area contributed by atoms with Crippen LogP contribution in [0.2, 0.25) is 0 Å². The molecule has 0 aromatic heterocycles. The Hall–Kier alpha value is -0.0800. The fraction of sp³-hybridized carbons (Fsp3) is 1.00. The van der Waals surface area contributed by atoms with Crippen LogP contribution in [-0.4, -0.2) is 18.6 Å². The highest BCUT2D eigenvalue weighted by atomic mass is 14.9. The Bertz CT molecular complexity index is 83.6. The van der Waals surface area contributed by atoms with Crippen molar-refractivity contribution < 1.29 is 0 Å². The molecule has 0 aliphatic carbocycles. The first-order valence-corrected chi connectivity index (χ1v) is 4.70. The molecule has 0 aromatic carbocycles. The monoisotopic (exact) mass is 158 g/mol. The van der Waals surface area contributed by atoms with Crippen molar-refractivity contribution in [2.75, 3.05) is 6.54 Å². The van der Waals surface area contributed by atoms with Crippen molar-refractivity contribution in [3.63, 3.8) is 0 Å². The molecule has 0 aliphatic rings. The van der Waals surface area contributed by atoms with Crippen LogP contribution in [0.3, 0.4) is 0 Å². The van der Waals surface area contributed by atoms with E-state index in [9.17, 15) is 0 Å². The Morgan fingerprint density at radius 2 is 1.91 bits per heavy atom. The smallest absolute Gasteiger partial charge is 0.00789 e. The zero-order valence-electron chi connectivity index (χ0n) is 8.06. The highest BCUT2D eigenvalue weighted by Gasteiger charge is 2.06. The van der Waals surface area contributed by atoms with Gasteiger partial charge in [-0.3, -0.25) is 0 Å². The number of nitrogens with two attached hydrogens (primary N) is 1. The van der Waals surface area contributed by atoms with Crippen LogP contribution in [-0.2, 0) is 0 Å². The largest absolute Gasteiger partial charge is 0.330 e. The molecule has 3 N–H and O–H groups in total.